The quantitative estimate of drug-likeness (QED) is 0.767. The Kier molecular flexibility index (Phi) is 3.89. The van der Waals surface area contributed by atoms with Crippen molar-refractivity contribution in [2.45, 2.75) is 40.0 Å². The molecule has 0 aliphatic rings. The number of benzene rings is 1. The highest BCUT2D eigenvalue weighted by Gasteiger charge is 2.11. The van der Waals surface area contributed by atoms with Crippen LogP contribution in [0.5, 0.6) is 5.75 Å². The minimum Gasteiger partial charge on any atom is -0.508 e. The lowest BCUT2D eigenvalue weighted by atomic mass is 9.97. The molecule has 0 aliphatic carbocycles. The van der Waals surface area contributed by atoms with Crippen LogP contribution in [0.15, 0.2) is 12.1 Å². The summed E-state index contributed by atoms with van der Waals surface area (Å²) in [5.74, 6) is 0.442. The van der Waals surface area contributed by atoms with Gasteiger partial charge in [-0.1, -0.05) is 13.3 Å². The van der Waals surface area contributed by atoms with Crippen molar-refractivity contribution in [3.8, 4) is 5.75 Å². The first kappa shape index (κ1) is 11.8. The fourth-order valence-electron chi connectivity index (χ4n) is 1.58. The van der Waals surface area contributed by atoms with E-state index in [9.17, 15) is 9.90 Å². The average molecular weight is 206 g/mol. The normalized spacial score (nSPS) is 10.3. The van der Waals surface area contributed by atoms with Gasteiger partial charge in [-0.25, -0.2) is 0 Å². The van der Waals surface area contributed by atoms with Crippen molar-refractivity contribution < 1.29 is 9.90 Å². The van der Waals surface area contributed by atoms with Crippen molar-refractivity contribution in [2.75, 3.05) is 0 Å². The Balaban J connectivity index is 2.95. The summed E-state index contributed by atoms with van der Waals surface area (Å²) >= 11 is 0. The van der Waals surface area contributed by atoms with Gasteiger partial charge in [0, 0.05) is 12.0 Å². The maximum Gasteiger partial charge on any atom is 0.163 e. The predicted molar refractivity (Wildman–Crippen MR) is 61.4 cm³/mol. The molecular formula is C13H18O2. The number of Topliss-reactive ketones (excluding diaryl/α,β-unsaturated/α-hetero) is 1. The Morgan fingerprint density at radius 2 is 1.93 bits per heavy atom. The van der Waals surface area contributed by atoms with E-state index < -0.39 is 0 Å². The third kappa shape index (κ3) is 2.58. The van der Waals surface area contributed by atoms with Gasteiger partial charge in [0.05, 0.1) is 0 Å². The van der Waals surface area contributed by atoms with Gasteiger partial charge in [-0.2, -0.15) is 0 Å². The molecule has 0 aliphatic heterocycles. The van der Waals surface area contributed by atoms with Crippen LogP contribution in [-0.2, 0) is 0 Å². The van der Waals surface area contributed by atoms with Crippen LogP contribution in [0.1, 0.15) is 47.7 Å². The SMILES string of the molecule is CCCCC(=O)c1ccc(O)c(C)c1C. The minimum absolute atomic E-state index is 0.178. The van der Waals surface area contributed by atoms with Crippen LogP contribution in [0, 0.1) is 13.8 Å². The third-order valence-electron chi connectivity index (χ3n) is 2.82. The highest BCUT2D eigenvalue weighted by molar-refractivity contribution is 5.97. The molecule has 0 amide bonds. The van der Waals surface area contributed by atoms with Gasteiger partial charge in [0.2, 0.25) is 0 Å². The molecule has 0 atom stereocenters. The van der Waals surface area contributed by atoms with E-state index in [1.54, 1.807) is 12.1 Å². The van der Waals surface area contributed by atoms with Crippen LogP contribution in [0.2, 0.25) is 0 Å². The number of carbonyl (C=O) groups is 1. The Morgan fingerprint density at radius 1 is 1.27 bits per heavy atom. The van der Waals surface area contributed by atoms with Gasteiger partial charge < -0.3 is 5.11 Å². The Labute approximate surface area is 90.9 Å². The number of hydrogen-bond acceptors (Lipinski definition) is 2. The monoisotopic (exact) mass is 206 g/mol. The smallest absolute Gasteiger partial charge is 0.163 e. The summed E-state index contributed by atoms with van der Waals surface area (Å²) in [6.45, 7) is 5.79. The second-order valence-corrected chi connectivity index (χ2v) is 3.91. The fourth-order valence-corrected chi connectivity index (χ4v) is 1.58. The molecule has 0 unspecified atom stereocenters. The number of aromatic hydroxyl groups is 1. The average Bonchev–Trinajstić information content (AvgIpc) is 2.23. The van der Waals surface area contributed by atoms with Crippen LogP contribution in [0.4, 0.5) is 0 Å². The van der Waals surface area contributed by atoms with Gasteiger partial charge in [-0.05, 0) is 43.5 Å². The summed E-state index contributed by atoms with van der Waals surface area (Å²) in [6.07, 6.45) is 2.56. The van der Waals surface area contributed by atoms with Crippen LogP contribution in [-0.4, -0.2) is 10.9 Å². The highest BCUT2D eigenvalue weighted by atomic mass is 16.3. The second kappa shape index (κ2) is 4.96. The molecule has 82 valence electrons. The first-order valence-electron chi connectivity index (χ1n) is 5.40. The number of rotatable bonds is 4. The van der Waals surface area contributed by atoms with Crippen LogP contribution < -0.4 is 0 Å². The minimum atomic E-state index is 0.178. The van der Waals surface area contributed by atoms with Crippen molar-refractivity contribution in [1.29, 1.82) is 0 Å². The topological polar surface area (TPSA) is 37.3 Å². The number of phenols is 1. The maximum atomic E-state index is 11.8. The molecule has 0 fully saturated rings. The van der Waals surface area contributed by atoms with E-state index in [0.29, 0.717) is 6.42 Å². The van der Waals surface area contributed by atoms with Crippen molar-refractivity contribution in [2.24, 2.45) is 0 Å². The van der Waals surface area contributed by atoms with E-state index in [1.165, 1.54) is 0 Å². The van der Waals surface area contributed by atoms with Gasteiger partial charge in [-0.3, -0.25) is 4.79 Å². The molecule has 0 heterocycles. The molecule has 0 bridgehead atoms. The van der Waals surface area contributed by atoms with Gasteiger partial charge in [-0.15, -0.1) is 0 Å². The molecule has 1 N–H and O–H groups in total. The zero-order valence-corrected chi connectivity index (χ0v) is 9.63. The summed E-state index contributed by atoms with van der Waals surface area (Å²) in [7, 11) is 0. The van der Waals surface area contributed by atoms with Gasteiger partial charge in [0.25, 0.3) is 0 Å². The van der Waals surface area contributed by atoms with E-state index in [1.807, 2.05) is 13.8 Å². The number of phenolic OH excluding ortho intramolecular Hbond substituents is 1. The summed E-state index contributed by atoms with van der Waals surface area (Å²) in [4.78, 5) is 11.8. The molecule has 1 rings (SSSR count). The summed E-state index contributed by atoms with van der Waals surface area (Å²) < 4.78 is 0. The van der Waals surface area contributed by atoms with Gasteiger partial charge in [0.1, 0.15) is 5.75 Å². The summed E-state index contributed by atoms with van der Waals surface area (Å²) in [6, 6.07) is 3.32. The van der Waals surface area contributed by atoms with E-state index >= 15 is 0 Å². The summed E-state index contributed by atoms with van der Waals surface area (Å²) in [5.41, 5.74) is 2.45. The van der Waals surface area contributed by atoms with Crippen LogP contribution in [0.25, 0.3) is 0 Å². The fraction of sp³-hybridized carbons (Fsp3) is 0.462. The van der Waals surface area contributed by atoms with Crippen LogP contribution >= 0.6 is 0 Å². The zero-order chi connectivity index (χ0) is 11.4. The molecule has 1 aromatic rings. The Hall–Kier alpha value is -1.31. The third-order valence-corrected chi connectivity index (χ3v) is 2.82. The zero-order valence-electron chi connectivity index (χ0n) is 9.63. The largest absolute Gasteiger partial charge is 0.508 e. The number of unbranched alkanes of at least 4 members (excludes halogenated alkanes) is 1. The Bertz CT molecular complexity index is 367. The van der Waals surface area contributed by atoms with E-state index in [0.717, 1.165) is 29.5 Å². The number of ketones is 1. The molecule has 0 spiro atoms. The summed E-state index contributed by atoms with van der Waals surface area (Å²) in [5, 5.41) is 9.47. The Morgan fingerprint density at radius 3 is 2.53 bits per heavy atom. The first-order valence-corrected chi connectivity index (χ1v) is 5.40. The van der Waals surface area contributed by atoms with E-state index in [2.05, 4.69) is 6.92 Å². The molecule has 0 saturated carbocycles. The molecule has 1 aromatic carbocycles. The lowest BCUT2D eigenvalue weighted by Crippen LogP contribution is -2.02. The van der Waals surface area contributed by atoms with E-state index in [4.69, 9.17) is 0 Å². The number of carbonyl (C=O) groups excluding carboxylic acids is 1. The maximum absolute atomic E-state index is 11.8. The van der Waals surface area contributed by atoms with Gasteiger partial charge in [0.15, 0.2) is 5.78 Å². The molecule has 2 nitrogen and oxygen atoms in total. The molecular weight excluding hydrogens is 188 g/mol. The number of hydrogen-bond donors (Lipinski definition) is 1. The first-order chi connectivity index (χ1) is 7.07. The molecule has 2 heteroatoms. The molecule has 15 heavy (non-hydrogen) atoms. The van der Waals surface area contributed by atoms with Crippen molar-refractivity contribution in [3.63, 3.8) is 0 Å². The highest BCUT2D eigenvalue weighted by Crippen LogP contribution is 2.23. The molecule has 0 aromatic heterocycles. The van der Waals surface area contributed by atoms with E-state index in [-0.39, 0.29) is 11.5 Å². The van der Waals surface area contributed by atoms with Crippen molar-refractivity contribution in [3.05, 3.63) is 28.8 Å². The molecule has 0 radical (unpaired) electrons. The van der Waals surface area contributed by atoms with Crippen molar-refractivity contribution >= 4 is 5.78 Å². The van der Waals surface area contributed by atoms with Gasteiger partial charge >= 0.3 is 0 Å². The van der Waals surface area contributed by atoms with Crippen molar-refractivity contribution in [1.82, 2.24) is 0 Å². The van der Waals surface area contributed by atoms with Crippen LogP contribution in [0.3, 0.4) is 0 Å². The predicted octanol–water partition coefficient (Wildman–Crippen LogP) is 3.38. The molecule has 0 saturated heterocycles. The standard InChI is InChI=1S/C13H18O2/c1-4-5-6-13(15)11-7-8-12(14)10(3)9(11)2/h7-8,14H,4-6H2,1-3H3. The lowest BCUT2D eigenvalue weighted by Gasteiger charge is -2.08. The lowest BCUT2D eigenvalue weighted by molar-refractivity contribution is 0.0979. The second-order valence-electron chi connectivity index (χ2n) is 3.91.